The van der Waals surface area contributed by atoms with Gasteiger partial charge in [0.2, 0.25) is 0 Å². The first-order valence-corrected chi connectivity index (χ1v) is 4.03. The van der Waals surface area contributed by atoms with Crippen molar-refractivity contribution >= 4 is 23.3 Å². The van der Waals surface area contributed by atoms with E-state index in [0.29, 0.717) is 0 Å². The van der Waals surface area contributed by atoms with Crippen molar-refractivity contribution < 1.29 is 14.3 Å². The average molecular weight is 189 g/mol. The van der Waals surface area contributed by atoms with E-state index in [9.17, 15) is 9.59 Å². The van der Waals surface area contributed by atoms with E-state index in [1.54, 1.807) is 6.07 Å². The van der Waals surface area contributed by atoms with Crippen LogP contribution in [-0.4, -0.2) is 17.4 Å². The summed E-state index contributed by atoms with van der Waals surface area (Å²) in [6, 6.07) is 9.07. The van der Waals surface area contributed by atoms with Crippen molar-refractivity contribution in [1.29, 1.82) is 0 Å². The van der Waals surface area contributed by atoms with E-state index in [-0.39, 0.29) is 12.2 Å². The predicted octanol–water partition coefficient (Wildman–Crippen LogP) is 1.48. The Balaban J connectivity index is 2.44. The van der Waals surface area contributed by atoms with E-state index in [2.05, 4.69) is 9.72 Å². The molecule has 0 aliphatic heterocycles. The van der Waals surface area contributed by atoms with Crippen molar-refractivity contribution in [2.45, 2.75) is 0 Å². The molecule has 0 fully saturated rings. The van der Waals surface area contributed by atoms with Crippen LogP contribution < -0.4 is 0 Å². The van der Waals surface area contributed by atoms with Crippen LogP contribution in [0.2, 0.25) is 0 Å². The topological polar surface area (TPSA) is 59.2 Å². The van der Waals surface area contributed by atoms with Crippen LogP contribution in [0.25, 0.3) is 10.9 Å². The lowest BCUT2D eigenvalue weighted by Gasteiger charge is -1.90. The van der Waals surface area contributed by atoms with Crippen LogP contribution in [0.3, 0.4) is 0 Å². The van der Waals surface area contributed by atoms with Gasteiger partial charge >= 0.3 is 12.4 Å². The van der Waals surface area contributed by atoms with Gasteiger partial charge in [-0.1, -0.05) is 18.2 Å². The first-order valence-electron chi connectivity index (χ1n) is 4.03. The zero-order chi connectivity index (χ0) is 9.97. The molecule has 2 rings (SSSR count). The number of aromatic nitrogens is 1. The van der Waals surface area contributed by atoms with E-state index in [4.69, 9.17) is 0 Å². The number of carbonyl (C=O) groups is 2. The molecule has 0 saturated heterocycles. The quantitative estimate of drug-likeness (QED) is 0.442. The molecule has 1 N–H and O–H groups in total. The first-order chi connectivity index (χ1) is 6.81. The number of H-pyrrole nitrogens is 1. The number of nitrogens with one attached hydrogen (secondary N) is 1. The largest absolute Gasteiger partial charge is 0.391 e. The summed E-state index contributed by atoms with van der Waals surface area (Å²) in [5, 5.41) is 0.908. The highest BCUT2D eigenvalue weighted by molar-refractivity contribution is 5.96. The molecule has 1 heterocycles. The minimum absolute atomic E-state index is 0.119. The number of rotatable bonds is 2. The van der Waals surface area contributed by atoms with Gasteiger partial charge in [0.25, 0.3) is 0 Å². The van der Waals surface area contributed by atoms with Crippen LogP contribution in [-0.2, 0) is 9.53 Å². The number of carbonyl (C=O) groups excluding carboxylic acids is 2. The number of hydrogen-bond acceptors (Lipinski definition) is 3. The molecule has 0 aliphatic carbocycles. The molecule has 0 saturated carbocycles. The summed E-state index contributed by atoms with van der Waals surface area (Å²) in [5.74, 6) is -0.670. The van der Waals surface area contributed by atoms with Crippen LogP contribution >= 0.6 is 0 Å². The van der Waals surface area contributed by atoms with E-state index in [1.165, 1.54) is 0 Å². The zero-order valence-corrected chi connectivity index (χ0v) is 7.19. The Kier molecular flexibility index (Phi) is 2.02. The molecule has 4 nitrogen and oxygen atoms in total. The Morgan fingerprint density at radius 3 is 2.86 bits per heavy atom. The van der Waals surface area contributed by atoms with Crippen LogP contribution in [0.15, 0.2) is 30.3 Å². The fourth-order valence-corrected chi connectivity index (χ4v) is 1.29. The van der Waals surface area contributed by atoms with Gasteiger partial charge in [-0.25, -0.2) is 4.79 Å². The van der Waals surface area contributed by atoms with Crippen molar-refractivity contribution in [3.8, 4) is 0 Å². The summed E-state index contributed by atoms with van der Waals surface area (Å²) in [4.78, 5) is 23.9. The molecule has 70 valence electrons. The lowest BCUT2D eigenvalue weighted by molar-refractivity contribution is -0.123. The summed E-state index contributed by atoms with van der Waals surface area (Å²) in [6.07, 6.45) is 0. The van der Waals surface area contributed by atoms with Crippen molar-refractivity contribution in [2.24, 2.45) is 0 Å². The molecule has 2 aromatic rings. The summed E-state index contributed by atoms with van der Waals surface area (Å²) in [6.45, 7) is 0.119. The summed E-state index contributed by atoms with van der Waals surface area (Å²) in [5.41, 5.74) is 1.11. The Bertz CT molecular complexity index is 454. The molecule has 0 unspecified atom stereocenters. The minimum atomic E-state index is -0.670. The summed E-state index contributed by atoms with van der Waals surface area (Å²) in [7, 11) is 0. The highest BCUT2D eigenvalue weighted by Gasteiger charge is 2.09. The van der Waals surface area contributed by atoms with Gasteiger partial charge in [-0.2, -0.15) is 0 Å². The summed E-state index contributed by atoms with van der Waals surface area (Å²) < 4.78 is 4.21. The molecule has 14 heavy (non-hydrogen) atoms. The molecule has 4 heteroatoms. The highest BCUT2D eigenvalue weighted by atomic mass is 16.6. The van der Waals surface area contributed by atoms with Gasteiger partial charge < -0.3 is 9.72 Å². The monoisotopic (exact) mass is 189 g/mol. The van der Waals surface area contributed by atoms with Gasteiger partial charge in [-0.15, -0.1) is 0 Å². The number of esters is 1. The van der Waals surface area contributed by atoms with Crippen molar-refractivity contribution in [3.05, 3.63) is 36.0 Å². The van der Waals surface area contributed by atoms with Crippen LogP contribution in [0.5, 0.6) is 0 Å². The third-order valence-electron chi connectivity index (χ3n) is 1.91. The van der Waals surface area contributed by atoms with E-state index in [1.807, 2.05) is 24.3 Å². The maximum Gasteiger partial charge on any atom is 0.362 e. The number of fused-ring (bicyclic) bond motifs is 1. The smallest absolute Gasteiger partial charge is 0.362 e. The third-order valence-corrected chi connectivity index (χ3v) is 1.91. The van der Waals surface area contributed by atoms with E-state index in [0.717, 1.165) is 10.9 Å². The number of para-hydroxylation sites is 1. The molecule has 0 radical (unpaired) electrons. The Morgan fingerprint density at radius 1 is 1.36 bits per heavy atom. The molecular weight excluding hydrogens is 182 g/mol. The van der Waals surface area contributed by atoms with Gasteiger partial charge in [0, 0.05) is 10.9 Å². The second kappa shape index (κ2) is 3.33. The lowest BCUT2D eigenvalue weighted by Crippen LogP contribution is -2.03. The highest BCUT2D eigenvalue weighted by Crippen LogP contribution is 2.14. The Morgan fingerprint density at radius 2 is 2.14 bits per heavy atom. The summed E-state index contributed by atoms with van der Waals surface area (Å²) >= 11 is 0. The molecule has 0 bridgehead atoms. The van der Waals surface area contributed by atoms with Crippen LogP contribution in [0.1, 0.15) is 10.5 Å². The van der Waals surface area contributed by atoms with Gasteiger partial charge in [0.15, 0.2) is 0 Å². The first kappa shape index (κ1) is 8.50. The molecule has 0 aliphatic rings. The normalized spacial score (nSPS) is 10.0. The van der Waals surface area contributed by atoms with Gasteiger partial charge in [0.1, 0.15) is 5.69 Å². The van der Waals surface area contributed by atoms with Crippen LogP contribution in [0.4, 0.5) is 0 Å². The zero-order valence-electron chi connectivity index (χ0n) is 7.19. The second-order valence-electron chi connectivity index (χ2n) is 2.77. The minimum Gasteiger partial charge on any atom is -0.391 e. The predicted molar refractivity (Wildman–Crippen MR) is 49.8 cm³/mol. The number of aromatic amines is 1. The van der Waals surface area contributed by atoms with E-state index >= 15 is 0 Å². The van der Waals surface area contributed by atoms with Crippen molar-refractivity contribution in [2.75, 3.05) is 0 Å². The molecule has 0 atom stereocenters. The number of benzene rings is 1. The SMILES string of the molecule is O=COC(=O)c1cc2ccccc2[nH]1. The Hall–Kier alpha value is -2.10. The lowest BCUT2D eigenvalue weighted by atomic mass is 10.2. The second-order valence-corrected chi connectivity index (χ2v) is 2.77. The van der Waals surface area contributed by atoms with E-state index < -0.39 is 5.97 Å². The number of ether oxygens (including phenoxy) is 1. The molecule has 0 amide bonds. The number of hydrogen-bond donors (Lipinski definition) is 1. The standard InChI is InChI=1S/C10H7NO3/c12-6-14-10(13)9-5-7-3-1-2-4-8(7)11-9/h1-6,11H. The van der Waals surface area contributed by atoms with Crippen molar-refractivity contribution in [1.82, 2.24) is 4.98 Å². The fraction of sp³-hybridized carbons (Fsp3) is 0. The van der Waals surface area contributed by atoms with Gasteiger partial charge in [-0.05, 0) is 12.1 Å². The molecular formula is C10H7NO3. The van der Waals surface area contributed by atoms with Crippen LogP contribution in [0, 0.1) is 0 Å². The van der Waals surface area contributed by atoms with Gasteiger partial charge in [0.05, 0.1) is 0 Å². The molecule has 1 aromatic carbocycles. The maximum absolute atomic E-state index is 11.1. The molecule has 0 spiro atoms. The fourth-order valence-electron chi connectivity index (χ4n) is 1.29. The van der Waals surface area contributed by atoms with Gasteiger partial charge in [-0.3, -0.25) is 4.79 Å². The van der Waals surface area contributed by atoms with Crippen molar-refractivity contribution in [3.63, 3.8) is 0 Å². The maximum atomic E-state index is 11.1. The average Bonchev–Trinajstić information content (AvgIpc) is 2.61. The third kappa shape index (κ3) is 1.37. The molecule has 1 aromatic heterocycles. The Labute approximate surface area is 79.5 Å².